The van der Waals surface area contributed by atoms with E-state index in [1.165, 1.54) is 21.3 Å². The van der Waals surface area contributed by atoms with E-state index in [2.05, 4.69) is 10.6 Å². The van der Waals surface area contributed by atoms with E-state index in [0.717, 1.165) is 5.56 Å². The Balaban J connectivity index is 2.08. The molecule has 2 unspecified atom stereocenters. The molecule has 2 N–H and O–H groups in total. The summed E-state index contributed by atoms with van der Waals surface area (Å²) >= 11 is 0. The van der Waals surface area contributed by atoms with Crippen LogP contribution in [-0.4, -0.2) is 39.2 Å². The van der Waals surface area contributed by atoms with Gasteiger partial charge in [-0.05, 0) is 43.7 Å². The highest BCUT2D eigenvalue weighted by Gasteiger charge is 2.21. The molecule has 0 bridgehead atoms. The Kier molecular flexibility index (Phi) is 7.26. The highest BCUT2D eigenvalue weighted by atomic mass is 16.5. The van der Waals surface area contributed by atoms with E-state index < -0.39 is 6.04 Å². The van der Waals surface area contributed by atoms with Gasteiger partial charge in [0.15, 0.2) is 11.5 Å². The predicted octanol–water partition coefficient (Wildman–Crippen LogP) is 2.71. The van der Waals surface area contributed by atoms with Crippen molar-refractivity contribution >= 4 is 11.8 Å². The zero-order valence-corrected chi connectivity index (χ0v) is 16.7. The first-order valence-electron chi connectivity index (χ1n) is 8.87. The first kappa shape index (κ1) is 21.1. The number of carbonyl (C=O) groups excluding carboxylic acids is 2. The molecule has 2 aromatic rings. The fourth-order valence-corrected chi connectivity index (χ4v) is 2.71. The van der Waals surface area contributed by atoms with Gasteiger partial charge in [-0.15, -0.1) is 0 Å². The van der Waals surface area contributed by atoms with Crippen molar-refractivity contribution < 1.29 is 23.8 Å². The maximum Gasteiger partial charge on any atom is 0.251 e. The summed E-state index contributed by atoms with van der Waals surface area (Å²) in [5.74, 6) is 0.886. The van der Waals surface area contributed by atoms with E-state index in [4.69, 9.17) is 14.2 Å². The molecule has 0 aliphatic carbocycles. The maximum atomic E-state index is 12.5. The summed E-state index contributed by atoms with van der Waals surface area (Å²) < 4.78 is 16.0. The van der Waals surface area contributed by atoms with Crippen molar-refractivity contribution in [2.75, 3.05) is 21.3 Å². The minimum Gasteiger partial charge on any atom is -0.493 e. The molecule has 0 spiro atoms. The van der Waals surface area contributed by atoms with Gasteiger partial charge in [0.2, 0.25) is 11.7 Å². The zero-order valence-electron chi connectivity index (χ0n) is 16.7. The number of benzene rings is 2. The highest BCUT2D eigenvalue weighted by Crippen LogP contribution is 2.39. The maximum absolute atomic E-state index is 12.5. The average Bonchev–Trinajstić information content (AvgIpc) is 2.72. The van der Waals surface area contributed by atoms with Crippen LogP contribution in [-0.2, 0) is 4.79 Å². The van der Waals surface area contributed by atoms with Gasteiger partial charge in [-0.2, -0.15) is 0 Å². The molecular formula is C21H26N2O5. The normalized spacial score (nSPS) is 12.5. The molecule has 2 amide bonds. The number of ether oxygens (including phenoxy) is 3. The lowest BCUT2D eigenvalue weighted by atomic mass is 10.1. The molecule has 2 rings (SSSR count). The number of nitrogens with one attached hydrogen (secondary N) is 2. The lowest BCUT2D eigenvalue weighted by Gasteiger charge is -2.21. The Labute approximate surface area is 165 Å². The van der Waals surface area contributed by atoms with Gasteiger partial charge in [-0.25, -0.2) is 0 Å². The van der Waals surface area contributed by atoms with Crippen LogP contribution in [0.5, 0.6) is 17.2 Å². The minimum absolute atomic E-state index is 0.300. The Morgan fingerprint density at radius 1 is 0.857 bits per heavy atom. The van der Waals surface area contributed by atoms with Gasteiger partial charge in [-0.1, -0.05) is 18.2 Å². The van der Waals surface area contributed by atoms with Crippen molar-refractivity contribution in [3.63, 3.8) is 0 Å². The minimum atomic E-state index is -0.697. The highest BCUT2D eigenvalue weighted by molar-refractivity contribution is 5.97. The molecule has 0 aliphatic rings. The molecular weight excluding hydrogens is 360 g/mol. The van der Waals surface area contributed by atoms with Gasteiger partial charge in [0.05, 0.1) is 27.4 Å². The molecule has 0 radical (unpaired) electrons. The number of methoxy groups -OCH3 is 3. The third kappa shape index (κ3) is 4.94. The van der Waals surface area contributed by atoms with E-state index in [1.807, 2.05) is 13.0 Å². The van der Waals surface area contributed by atoms with Gasteiger partial charge in [0.1, 0.15) is 6.04 Å². The summed E-state index contributed by atoms with van der Waals surface area (Å²) in [4.78, 5) is 24.7. The Morgan fingerprint density at radius 3 is 1.93 bits per heavy atom. The molecule has 150 valence electrons. The molecule has 2 atom stereocenters. The number of hydrogen-bond donors (Lipinski definition) is 2. The number of hydrogen-bond acceptors (Lipinski definition) is 5. The number of amides is 2. The van der Waals surface area contributed by atoms with E-state index in [0.29, 0.717) is 22.8 Å². The Morgan fingerprint density at radius 2 is 1.43 bits per heavy atom. The van der Waals surface area contributed by atoms with Crippen molar-refractivity contribution in [2.24, 2.45) is 0 Å². The molecule has 0 saturated heterocycles. The Hall–Kier alpha value is -3.22. The van der Waals surface area contributed by atoms with Crippen LogP contribution in [0.1, 0.15) is 35.8 Å². The van der Waals surface area contributed by atoms with Crippen molar-refractivity contribution in [3.05, 3.63) is 53.6 Å². The first-order valence-corrected chi connectivity index (χ1v) is 8.87. The van der Waals surface area contributed by atoms with E-state index in [-0.39, 0.29) is 17.9 Å². The summed E-state index contributed by atoms with van der Waals surface area (Å²) in [5, 5.41) is 5.58. The molecule has 0 aliphatic heterocycles. The van der Waals surface area contributed by atoms with Crippen LogP contribution in [0.2, 0.25) is 0 Å². The molecule has 0 fully saturated rings. The lowest BCUT2D eigenvalue weighted by Crippen LogP contribution is -2.45. The van der Waals surface area contributed by atoms with Gasteiger partial charge in [-0.3, -0.25) is 9.59 Å². The predicted molar refractivity (Wildman–Crippen MR) is 106 cm³/mol. The van der Waals surface area contributed by atoms with E-state index in [9.17, 15) is 9.59 Å². The van der Waals surface area contributed by atoms with Crippen LogP contribution in [0.4, 0.5) is 0 Å². The molecule has 7 heteroatoms. The average molecular weight is 386 g/mol. The molecule has 0 heterocycles. The second kappa shape index (κ2) is 9.64. The van der Waals surface area contributed by atoms with Gasteiger partial charge in [0.25, 0.3) is 5.91 Å². The van der Waals surface area contributed by atoms with Crippen LogP contribution >= 0.6 is 0 Å². The van der Waals surface area contributed by atoms with Crippen LogP contribution in [0, 0.1) is 0 Å². The summed E-state index contributed by atoms with van der Waals surface area (Å²) in [7, 11) is 4.60. The number of rotatable bonds is 8. The van der Waals surface area contributed by atoms with Crippen LogP contribution < -0.4 is 24.8 Å². The monoisotopic (exact) mass is 386 g/mol. The molecule has 28 heavy (non-hydrogen) atoms. The van der Waals surface area contributed by atoms with E-state index in [1.54, 1.807) is 43.3 Å². The van der Waals surface area contributed by atoms with Crippen LogP contribution in [0.25, 0.3) is 0 Å². The SMILES string of the molecule is COc1cc(C(C)NC(=O)C(C)NC(=O)c2ccccc2)cc(OC)c1OC. The van der Waals surface area contributed by atoms with Gasteiger partial charge < -0.3 is 24.8 Å². The fraction of sp³-hybridized carbons (Fsp3) is 0.333. The second-order valence-corrected chi connectivity index (χ2v) is 6.25. The smallest absolute Gasteiger partial charge is 0.251 e. The lowest BCUT2D eigenvalue weighted by molar-refractivity contribution is -0.123. The quantitative estimate of drug-likeness (QED) is 0.729. The molecule has 0 aromatic heterocycles. The van der Waals surface area contributed by atoms with Crippen LogP contribution in [0.15, 0.2) is 42.5 Å². The summed E-state index contributed by atoms with van der Waals surface area (Å²) in [5.41, 5.74) is 1.28. The fourth-order valence-electron chi connectivity index (χ4n) is 2.71. The molecule has 2 aromatic carbocycles. The van der Waals surface area contributed by atoms with Crippen molar-refractivity contribution in [2.45, 2.75) is 25.9 Å². The topological polar surface area (TPSA) is 85.9 Å². The second-order valence-electron chi connectivity index (χ2n) is 6.25. The molecule has 7 nitrogen and oxygen atoms in total. The van der Waals surface area contributed by atoms with Crippen LogP contribution in [0.3, 0.4) is 0 Å². The van der Waals surface area contributed by atoms with Gasteiger partial charge in [0, 0.05) is 5.56 Å². The van der Waals surface area contributed by atoms with Gasteiger partial charge >= 0.3 is 0 Å². The molecule has 0 saturated carbocycles. The zero-order chi connectivity index (χ0) is 20.7. The first-order chi connectivity index (χ1) is 13.4. The largest absolute Gasteiger partial charge is 0.493 e. The standard InChI is InChI=1S/C21H26N2O5/c1-13(16-11-17(26-3)19(28-5)18(12-16)27-4)22-20(24)14(2)23-21(25)15-9-7-6-8-10-15/h6-14H,1-5H3,(H,22,24)(H,23,25). The van der Waals surface area contributed by atoms with Crippen molar-refractivity contribution in [3.8, 4) is 17.2 Å². The van der Waals surface area contributed by atoms with E-state index >= 15 is 0 Å². The summed E-state index contributed by atoms with van der Waals surface area (Å²) in [6.45, 7) is 3.47. The number of carbonyl (C=O) groups is 2. The third-order valence-electron chi connectivity index (χ3n) is 4.32. The third-order valence-corrected chi connectivity index (χ3v) is 4.32. The van der Waals surface area contributed by atoms with Crippen molar-refractivity contribution in [1.82, 2.24) is 10.6 Å². The Bertz CT molecular complexity index is 798. The summed E-state index contributed by atoms with van der Waals surface area (Å²) in [6, 6.07) is 11.3. The van der Waals surface area contributed by atoms with Crippen molar-refractivity contribution in [1.29, 1.82) is 0 Å². The summed E-state index contributed by atoms with van der Waals surface area (Å²) in [6.07, 6.45) is 0.